The van der Waals surface area contributed by atoms with Gasteiger partial charge in [0.2, 0.25) is 0 Å². The Morgan fingerprint density at radius 2 is 1.94 bits per heavy atom. The molecule has 1 aromatic carbocycles. The Morgan fingerprint density at radius 1 is 1.33 bits per heavy atom. The van der Waals surface area contributed by atoms with Crippen LogP contribution in [0.5, 0.6) is 0 Å². The molecule has 0 bridgehead atoms. The van der Waals surface area contributed by atoms with Gasteiger partial charge in [-0.2, -0.15) is 5.26 Å². The Balaban J connectivity index is 1.97. The van der Waals surface area contributed by atoms with E-state index >= 15 is 0 Å². The second-order valence-corrected chi connectivity index (χ2v) is 6.04. The highest BCUT2D eigenvalue weighted by Gasteiger charge is 2.23. The molecule has 1 aromatic rings. The molecule has 1 unspecified atom stereocenters. The minimum atomic E-state index is -0.405. The van der Waals surface area contributed by atoms with E-state index in [1.807, 2.05) is 13.8 Å². The highest BCUT2D eigenvalue weighted by Crippen LogP contribution is 2.34. The minimum absolute atomic E-state index is 0.405. The third-order valence-electron chi connectivity index (χ3n) is 3.68. The van der Waals surface area contributed by atoms with E-state index < -0.39 is 5.41 Å². The Bertz CT molecular complexity index is 435. The molecule has 2 heteroatoms. The van der Waals surface area contributed by atoms with Crippen LogP contribution in [0.1, 0.15) is 45.6 Å². The molecule has 0 radical (unpaired) electrons. The predicted octanol–water partition coefficient (Wildman–Crippen LogP) is 4.09. The number of anilines is 1. The van der Waals surface area contributed by atoms with Gasteiger partial charge in [-0.1, -0.05) is 25.0 Å². The summed E-state index contributed by atoms with van der Waals surface area (Å²) >= 11 is 0. The summed E-state index contributed by atoms with van der Waals surface area (Å²) in [5, 5.41) is 12.6. The maximum atomic E-state index is 9.10. The van der Waals surface area contributed by atoms with Crippen molar-refractivity contribution in [2.75, 3.05) is 5.32 Å². The topological polar surface area (TPSA) is 35.8 Å². The van der Waals surface area contributed by atoms with E-state index in [9.17, 15) is 0 Å². The fraction of sp³-hybridized carbons (Fsp3) is 0.562. The highest BCUT2D eigenvalue weighted by atomic mass is 14.9. The molecule has 1 N–H and O–H groups in total. The lowest BCUT2D eigenvalue weighted by molar-refractivity contribution is 0.642. The van der Waals surface area contributed by atoms with Crippen LogP contribution in [0.4, 0.5) is 5.69 Å². The Hall–Kier alpha value is -1.49. The van der Waals surface area contributed by atoms with Crippen molar-refractivity contribution in [1.82, 2.24) is 0 Å². The Morgan fingerprint density at radius 3 is 2.44 bits per heavy atom. The molecule has 0 aliphatic heterocycles. The quantitative estimate of drug-likeness (QED) is 0.844. The van der Waals surface area contributed by atoms with Crippen LogP contribution in [0.15, 0.2) is 24.3 Å². The van der Waals surface area contributed by atoms with Gasteiger partial charge >= 0.3 is 0 Å². The molecule has 1 fully saturated rings. The van der Waals surface area contributed by atoms with Crippen LogP contribution in [0.2, 0.25) is 0 Å². The summed E-state index contributed by atoms with van der Waals surface area (Å²) in [6.45, 7) is 6.14. The normalized spacial score (nSPS) is 17.0. The first-order valence-corrected chi connectivity index (χ1v) is 6.79. The zero-order valence-corrected chi connectivity index (χ0v) is 11.5. The van der Waals surface area contributed by atoms with Gasteiger partial charge in [-0.3, -0.25) is 0 Å². The molecule has 0 saturated heterocycles. The molecule has 0 aromatic heterocycles. The van der Waals surface area contributed by atoms with Crippen molar-refractivity contribution in [3.8, 4) is 6.07 Å². The highest BCUT2D eigenvalue weighted by molar-refractivity contribution is 5.47. The molecule has 2 nitrogen and oxygen atoms in total. The predicted molar refractivity (Wildman–Crippen MR) is 75.5 cm³/mol. The van der Waals surface area contributed by atoms with E-state index in [1.165, 1.54) is 19.3 Å². The van der Waals surface area contributed by atoms with E-state index in [0.717, 1.165) is 17.2 Å². The van der Waals surface area contributed by atoms with Crippen LogP contribution in [0, 0.1) is 17.2 Å². The van der Waals surface area contributed by atoms with Crippen molar-refractivity contribution in [2.45, 2.75) is 51.5 Å². The second kappa shape index (κ2) is 5.02. The lowest BCUT2D eigenvalue weighted by Crippen LogP contribution is -2.16. The molecular formula is C16H22N2. The average molecular weight is 242 g/mol. The van der Waals surface area contributed by atoms with E-state index in [2.05, 4.69) is 42.6 Å². The van der Waals surface area contributed by atoms with Gasteiger partial charge in [-0.05, 0) is 50.8 Å². The van der Waals surface area contributed by atoms with Gasteiger partial charge in [-0.25, -0.2) is 0 Å². The number of hydrogen-bond donors (Lipinski definition) is 1. The fourth-order valence-corrected chi connectivity index (χ4v) is 2.24. The maximum Gasteiger partial charge on any atom is 0.0766 e. The number of nitrogens with zero attached hydrogens (tertiary/aromatic N) is 1. The lowest BCUT2D eigenvalue weighted by atomic mass is 9.86. The smallest absolute Gasteiger partial charge is 0.0766 e. The Kier molecular flexibility index (Phi) is 3.61. The van der Waals surface area contributed by atoms with Gasteiger partial charge in [0.25, 0.3) is 0 Å². The molecule has 0 spiro atoms. The summed E-state index contributed by atoms with van der Waals surface area (Å²) in [5.41, 5.74) is 1.82. The molecule has 96 valence electrons. The zero-order chi connectivity index (χ0) is 13.2. The number of hydrogen-bond acceptors (Lipinski definition) is 2. The van der Waals surface area contributed by atoms with Crippen LogP contribution in [-0.4, -0.2) is 6.04 Å². The fourth-order valence-electron chi connectivity index (χ4n) is 2.24. The van der Waals surface area contributed by atoms with Crippen LogP contribution in [0.25, 0.3) is 0 Å². The van der Waals surface area contributed by atoms with Crippen molar-refractivity contribution in [3.63, 3.8) is 0 Å². The van der Waals surface area contributed by atoms with Crippen LogP contribution in [-0.2, 0) is 5.41 Å². The zero-order valence-electron chi connectivity index (χ0n) is 11.5. The summed E-state index contributed by atoms with van der Waals surface area (Å²) in [7, 11) is 0. The summed E-state index contributed by atoms with van der Waals surface area (Å²) in [6.07, 6.45) is 4.08. The van der Waals surface area contributed by atoms with Crippen molar-refractivity contribution in [2.24, 2.45) is 5.92 Å². The van der Waals surface area contributed by atoms with E-state index in [1.54, 1.807) is 0 Å². The maximum absolute atomic E-state index is 9.10. The minimum Gasteiger partial charge on any atom is -0.383 e. The lowest BCUT2D eigenvalue weighted by Gasteiger charge is -2.18. The van der Waals surface area contributed by atoms with E-state index in [-0.39, 0.29) is 0 Å². The third-order valence-corrected chi connectivity index (χ3v) is 3.68. The molecule has 1 aliphatic rings. The molecule has 1 aliphatic carbocycles. The number of nitrogens with one attached hydrogen (secondary N) is 1. The van der Waals surface area contributed by atoms with Crippen molar-refractivity contribution < 1.29 is 0 Å². The summed E-state index contributed by atoms with van der Waals surface area (Å²) in [5.74, 6) is 0.948. The van der Waals surface area contributed by atoms with Crippen LogP contribution in [0.3, 0.4) is 0 Å². The molecular weight excluding hydrogens is 220 g/mol. The summed E-state index contributed by atoms with van der Waals surface area (Å²) < 4.78 is 0. The molecule has 0 heterocycles. The van der Waals surface area contributed by atoms with Crippen molar-refractivity contribution >= 4 is 5.69 Å². The number of rotatable bonds is 5. The van der Waals surface area contributed by atoms with E-state index in [0.29, 0.717) is 6.04 Å². The van der Waals surface area contributed by atoms with Crippen LogP contribution < -0.4 is 5.32 Å². The van der Waals surface area contributed by atoms with E-state index in [4.69, 9.17) is 5.26 Å². The molecule has 18 heavy (non-hydrogen) atoms. The third kappa shape index (κ3) is 3.26. The average Bonchev–Trinajstić information content (AvgIpc) is 3.13. The molecule has 1 atom stereocenters. The number of benzene rings is 1. The van der Waals surface area contributed by atoms with Gasteiger partial charge in [-0.15, -0.1) is 0 Å². The van der Waals surface area contributed by atoms with Gasteiger partial charge in [0.1, 0.15) is 0 Å². The SMILES string of the molecule is CC(CC1CC1)Nc1ccc(C(C)(C)C#N)cc1. The summed E-state index contributed by atoms with van der Waals surface area (Å²) in [6, 6.07) is 11.1. The first-order valence-electron chi connectivity index (χ1n) is 6.79. The standard InChI is InChI=1S/C16H22N2/c1-12(10-13-4-5-13)18-15-8-6-14(7-9-15)16(2,3)11-17/h6-9,12-13,18H,4-5,10H2,1-3H3. The molecule has 2 rings (SSSR count). The van der Waals surface area contributed by atoms with Crippen LogP contribution >= 0.6 is 0 Å². The van der Waals surface area contributed by atoms with Gasteiger partial charge < -0.3 is 5.32 Å². The molecule has 1 saturated carbocycles. The largest absolute Gasteiger partial charge is 0.383 e. The van der Waals surface area contributed by atoms with Crippen molar-refractivity contribution in [1.29, 1.82) is 5.26 Å². The van der Waals surface area contributed by atoms with Gasteiger partial charge in [0.15, 0.2) is 0 Å². The summed E-state index contributed by atoms with van der Waals surface area (Å²) in [4.78, 5) is 0. The first kappa shape index (κ1) is 13.0. The number of nitriles is 1. The van der Waals surface area contributed by atoms with Gasteiger partial charge in [0, 0.05) is 11.7 Å². The molecule has 0 amide bonds. The monoisotopic (exact) mass is 242 g/mol. The van der Waals surface area contributed by atoms with Gasteiger partial charge in [0.05, 0.1) is 11.5 Å². The van der Waals surface area contributed by atoms with Crippen molar-refractivity contribution in [3.05, 3.63) is 29.8 Å². The Labute approximate surface area is 110 Å². The second-order valence-electron chi connectivity index (χ2n) is 6.04. The first-order chi connectivity index (χ1) is 8.51.